The maximum atomic E-state index is 11.6. The third kappa shape index (κ3) is 2.66. The van der Waals surface area contributed by atoms with Gasteiger partial charge in [-0.3, -0.25) is 4.79 Å². The number of carbonyl (C=O) groups is 1. The van der Waals surface area contributed by atoms with Gasteiger partial charge in [-0.05, 0) is 45.1 Å². The highest BCUT2D eigenvalue weighted by atomic mass is 32.1. The van der Waals surface area contributed by atoms with Gasteiger partial charge in [0.1, 0.15) is 5.00 Å². The lowest BCUT2D eigenvalue weighted by molar-refractivity contribution is 0.0541. The van der Waals surface area contributed by atoms with Gasteiger partial charge < -0.3 is 10.1 Å². The zero-order valence-corrected chi connectivity index (χ0v) is 11.3. The van der Waals surface area contributed by atoms with Crippen LogP contribution in [-0.2, 0) is 4.74 Å². The second-order valence-electron chi connectivity index (χ2n) is 4.87. The van der Waals surface area contributed by atoms with Crippen molar-refractivity contribution in [2.45, 2.75) is 39.2 Å². The second kappa shape index (κ2) is 4.74. The number of aromatic nitrogens is 1. The standard InChI is InChI=1S/C12H18N2O2S/c1-8-10(9(2)15)11(17-14-8)13-12(3)5-4-6-16-7-12/h13H,4-7H2,1-3H3. The lowest BCUT2D eigenvalue weighted by Crippen LogP contribution is -2.43. The minimum absolute atomic E-state index is 0.0686. The van der Waals surface area contributed by atoms with Crippen LogP contribution in [0, 0.1) is 6.92 Å². The van der Waals surface area contributed by atoms with Crippen molar-refractivity contribution < 1.29 is 9.53 Å². The van der Waals surface area contributed by atoms with Crippen LogP contribution in [0.15, 0.2) is 0 Å². The first kappa shape index (κ1) is 12.5. The maximum absolute atomic E-state index is 11.6. The fraction of sp³-hybridized carbons (Fsp3) is 0.667. The minimum Gasteiger partial charge on any atom is -0.379 e. The van der Waals surface area contributed by atoms with Crippen LogP contribution >= 0.6 is 11.5 Å². The predicted molar refractivity (Wildman–Crippen MR) is 68.9 cm³/mol. The molecule has 0 amide bonds. The van der Waals surface area contributed by atoms with Gasteiger partial charge in [-0.2, -0.15) is 4.37 Å². The van der Waals surface area contributed by atoms with E-state index in [2.05, 4.69) is 16.6 Å². The van der Waals surface area contributed by atoms with E-state index in [1.54, 1.807) is 6.92 Å². The molecule has 1 N–H and O–H groups in total. The molecule has 94 valence electrons. The Morgan fingerprint density at radius 1 is 1.59 bits per heavy atom. The lowest BCUT2D eigenvalue weighted by atomic mass is 9.95. The van der Waals surface area contributed by atoms with Crippen molar-refractivity contribution in [3.63, 3.8) is 0 Å². The van der Waals surface area contributed by atoms with Crippen LogP contribution < -0.4 is 5.32 Å². The zero-order chi connectivity index (χ0) is 12.5. The fourth-order valence-electron chi connectivity index (χ4n) is 2.18. The van der Waals surface area contributed by atoms with Crippen molar-refractivity contribution in [2.24, 2.45) is 0 Å². The van der Waals surface area contributed by atoms with Crippen LogP contribution in [0.2, 0.25) is 0 Å². The Balaban J connectivity index is 2.20. The molecule has 1 unspecified atom stereocenters. The Bertz CT molecular complexity index is 422. The van der Waals surface area contributed by atoms with Crippen molar-refractivity contribution in [1.82, 2.24) is 4.37 Å². The average Bonchev–Trinajstić information content (AvgIpc) is 2.60. The third-order valence-corrected chi connectivity index (χ3v) is 3.92. The molecular weight excluding hydrogens is 236 g/mol. The van der Waals surface area contributed by atoms with Crippen molar-refractivity contribution in [1.29, 1.82) is 0 Å². The summed E-state index contributed by atoms with van der Waals surface area (Å²) >= 11 is 1.36. The molecule has 0 radical (unpaired) electrons. The minimum atomic E-state index is -0.0819. The van der Waals surface area contributed by atoms with Gasteiger partial charge in [-0.25, -0.2) is 0 Å². The van der Waals surface area contributed by atoms with Gasteiger partial charge in [-0.1, -0.05) is 0 Å². The molecule has 1 fully saturated rings. The number of aryl methyl sites for hydroxylation is 1. The maximum Gasteiger partial charge on any atom is 0.164 e. The van der Waals surface area contributed by atoms with Crippen LogP contribution in [0.5, 0.6) is 0 Å². The molecule has 2 rings (SSSR count). The molecule has 0 aromatic carbocycles. The van der Waals surface area contributed by atoms with Gasteiger partial charge >= 0.3 is 0 Å². The van der Waals surface area contributed by atoms with Crippen LogP contribution in [0.4, 0.5) is 5.00 Å². The zero-order valence-electron chi connectivity index (χ0n) is 10.5. The van der Waals surface area contributed by atoms with Gasteiger partial charge in [0.15, 0.2) is 5.78 Å². The molecule has 0 aliphatic carbocycles. The van der Waals surface area contributed by atoms with Crippen LogP contribution in [0.1, 0.15) is 42.7 Å². The van der Waals surface area contributed by atoms with Crippen LogP contribution in [0.3, 0.4) is 0 Å². The first-order valence-corrected chi connectivity index (χ1v) is 6.62. The van der Waals surface area contributed by atoms with E-state index in [0.717, 1.165) is 35.7 Å². The number of nitrogens with one attached hydrogen (secondary N) is 1. The molecule has 1 aromatic heterocycles. The average molecular weight is 254 g/mol. The predicted octanol–water partition coefficient (Wildman–Crippen LogP) is 2.64. The Morgan fingerprint density at radius 3 is 2.94 bits per heavy atom. The number of rotatable bonds is 3. The monoisotopic (exact) mass is 254 g/mol. The molecule has 0 saturated carbocycles. The van der Waals surface area contributed by atoms with Gasteiger partial charge in [0.25, 0.3) is 0 Å². The van der Waals surface area contributed by atoms with Gasteiger partial charge in [-0.15, -0.1) is 0 Å². The van der Waals surface area contributed by atoms with Gasteiger partial charge in [0, 0.05) is 6.61 Å². The number of carbonyl (C=O) groups excluding carboxylic acids is 1. The molecule has 1 aromatic rings. The summed E-state index contributed by atoms with van der Waals surface area (Å²) in [6, 6.07) is 0. The fourth-order valence-corrected chi connectivity index (χ4v) is 3.17. The molecule has 4 nitrogen and oxygen atoms in total. The first-order valence-electron chi connectivity index (χ1n) is 5.85. The molecule has 0 spiro atoms. The molecule has 17 heavy (non-hydrogen) atoms. The molecular formula is C12H18N2O2S. The quantitative estimate of drug-likeness (QED) is 0.842. The van der Waals surface area contributed by atoms with E-state index in [1.807, 2.05) is 6.92 Å². The number of ketones is 1. The van der Waals surface area contributed by atoms with Gasteiger partial charge in [0.2, 0.25) is 0 Å². The van der Waals surface area contributed by atoms with E-state index in [4.69, 9.17) is 4.74 Å². The van der Waals surface area contributed by atoms with Crippen molar-refractivity contribution >= 4 is 22.3 Å². The SMILES string of the molecule is CC(=O)c1c(C)nsc1NC1(C)CCCOC1. The molecule has 2 heterocycles. The summed E-state index contributed by atoms with van der Waals surface area (Å²) in [4.78, 5) is 11.6. The van der Waals surface area contributed by atoms with E-state index in [9.17, 15) is 4.79 Å². The Kier molecular flexibility index (Phi) is 3.49. The summed E-state index contributed by atoms with van der Waals surface area (Å²) in [6.45, 7) is 7.10. The number of nitrogens with zero attached hydrogens (tertiary/aromatic N) is 1. The van der Waals surface area contributed by atoms with Gasteiger partial charge in [0.05, 0.1) is 23.4 Å². The molecule has 5 heteroatoms. The topological polar surface area (TPSA) is 51.2 Å². The third-order valence-electron chi connectivity index (χ3n) is 3.07. The van der Waals surface area contributed by atoms with E-state index < -0.39 is 0 Å². The van der Waals surface area contributed by atoms with Crippen molar-refractivity contribution in [2.75, 3.05) is 18.5 Å². The Labute approximate surface area is 106 Å². The molecule has 1 aliphatic rings. The van der Waals surface area contributed by atoms with E-state index in [-0.39, 0.29) is 11.3 Å². The number of Topliss-reactive ketones (excluding diaryl/α,β-unsaturated/α-hetero) is 1. The molecule has 1 atom stereocenters. The summed E-state index contributed by atoms with van der Waals surface area (Å²) in [5.74, 6) is 0.0686. The van der Waals surface area contributed by atoms with Crippen molar-refractivity contribution in [3.05, 3.63) is 11.3 Å². The highest BCUT2D eigenvalue weighted by Crippen LogP contribution is 2.31. The van der Waals surface area contributed by atoms with E-state index in [1.165, 1.54) is 11.5 Å². The number of ether oxygens (including phenoxy) is 1. The van der Waals surface area contributed by atoms with Crippen molar-refractivity contribution in [3.8, 4) is 0 Å². The molecule has 0 bridgehead atoms. The van der Waals surface area contributed by atoms with E-state index in [0.29, 0.717) is 6.61 Å². The number of anilines is 1. The second-order valence-corrected chi connectivity index (χ2v) is 5.64. The Morgan fingerprint density at radius 2 is 2.35 bits per heavy atom. The first-order chi connectivity index (χ1) is 8.02. The van der Waals surface area contributed by atoms with Crippen LogP contribution in [0.25, 0.3) is 0 Å². The Hall–Kier alpha value is -0.940. The lowest BCUT2D eigenvalue weighted by Gasteiger charge is -2.34. The summed E-state index contributed by atoms with van der Waals surface area (Å²) in [7, 11) is 0. The highest BCUT2D eigenvalue weighted by Gasteiger charge is 2.29. The molecule has 1 aliphatic heterocycles. The molecule has 1 saturated heterocycles. The largest absolute Gasteiger partial charge is 0.379 e. The van der Waals surface area contributed by atoms with E-state index >= 15 is 0 Å². The normalized spacial score (nSPS) is 24.6. The summed E-state index contributed by atoms with van der Waals surface area (Å²) in [6.07, 6.45) is 2.11. The number of hydrogen-bond donors (Lipinski definition) is 1. The summed E-state index contributed by atoms with van der Waals surface area (Å²) in [5, 5.41) is 4.32. The van der Waals surface area contributed by atoms with Crippen LogP contribution in [-0.4, -0.2) is 28.9 Å². The number of hydrogen-bond acceptors (Lipinski definition) is 5. The summed E-state index contributed by atoms with van der Waals surface area (Å²) in [5.41, 5.74) is 1.45. The summed E-state index contributed by atoms with van der Waals surface area (Å²) < 4.78 is 9.75. The highest BCUT2D eigenvalue weighted by molar-refractivity contribution is 7.10. The smallest absolute Gasteiger partial charge is 0.164 e.